The first kappa shape index (κ1) is 17.3. The number of carbonyl (C=O) groups is 3. The van der Waals surface area contributed by atoms with Gasteiger partial charge < -0.3 is 14.2 Å². The molecule has 0 atom stereocenters. The third-order valence-corrected chi connectivity index (χ3v) is 4.52. The standard InChI is InChI=1S/C16H15IO6/c1-17-7-9(18)8-5-10(21-2)14-13(15(8)19)11(22-3)6-12(23-4)16(14)20/h5-7H,1-4H3. The maximum Gasteiger partial charge on any atom is 0.232 e. The van der Waals surface area contributed by atoms with Crippen molar-refractivity contribution in [2.75, 3.05) is 26.3 Å². The van der Waals surface area contributed by atoms with Gasteiger partial charge in [0.2, 0.25) is 11.6 Å². The molecule has 122 valence electrons. The van der Waals surface area contributed by atoms with Gasteiger partial charge in [0, 0.05) is 10.1 Å². The number of ketones is 3. The van der Waals surface area contributed by atoms with Crippen LogP contribution in [0, 0.1) is 0 Å². The van der Waals surface area contributed by atoms with Gasteiger partial charge >= 0.3 is 0 Å². The summed E-state index contributed by atoms with van der Waals surface area (Å²) in [5.41, 5.74) is 0.0546. The van der Waals surface area contributed by atoms with Crippen LogP contribution in [0.4, 0.5) is 0 Å². The van der Waals surface area contributed by atoms with Gasteiger partial charge in [0.05, 0.1) is 38.0 Å². The van der Waals surface area contributed by atoms with Crippen LogP contribution < -0.4 is 0 Å². The zero-order chi connectivity index (χ0) is 17.1. The van der Waals surface area contributed by atoms with Gasteiger partial charge in [-0.05, 0) is 11.0 Å². The van der Waals surface area contributed by atoms with Crippen molar-refractivity contribution in [3.05, 3.63) is 46.1 Å². The first-order valence-electron chi connectivity index (χ1n) is 6.49. The van der Waals surface area contributed by atoms with E-state index < -0.39 is 32.3 Å². The van der Waals surface area contributed by atoms with Gasteiger partial charge in [0.15, 0.2) is 11.5 Å². The summed E-state index contributed by atoms with van der Waals surface area (Å²) >= 11 is -0.423. The first-order valence-corrected chi connectivity index (χ1v) is 9.89. The Hall–Kier alpha value is -2.03. The van der Waals surface area contributed by atoms with Crippen LogP contribution in [0.5, 0.6) is 0 Å². The number of rotatable bonds is 5. The number of fused-ring (bicyclic) bond motifs is 1. The second-order valence-electron chi connectivity index (χ2n) is 4.51. The molecule has 0 aromatic rings. The second kappa shape index (κ2) is 7.03. The van der Waals surface area contributed by atoms with E-state index in [1.54, 1.807) is 0 Å². The molecule has 0 spiro atoms. The molecule has 7 heteroatoms. The molecule has 0 bridgehead atoms. The van der Waals surface area contributed by atoms with Crippen molar-refractivity contribution in [2.45, 2.75) is 0 Å². The Balaban J connectivity index is 2.75. The van der Waals surface area contributed by atoms with E-state index in [1.807, 2.05) is 4.93 Å². The highest BCUT2D eigenvalue weighted by atomic mass is 127. The summed E-state index contributed by atoms with van der Waals surface area (Å²) in [6.45, 7) is 0. The zero-order valence-corrected chi connectivity index (χ0v) is 15.2. The summed E-state index contributed by atoms with van der Waals surface area (Å²) in [7, 11) is 4.10. The van der Waals surface area contributed by atoms with E-state index in [2.05, 4.69) is 0 Å². The highest BCUT2D eigenvalue weighted by Gasteiger charge is 2.40. The molecule has 0 aromatic heterocycles. The van der Waals surface area contributed by atoms with Crippen LogP contribution in [0.3, 0.4) is 0 Å². The summed E-state index contributed by atoms with van der Waals surface area (Å²) in [5.74, 6) is -1.04. The average Bonchev–Trinajstić information content (AvgIpc) is 2.55. The van der Waals surface area contributed by atoms with E-state index in [9.17, 15) is 14.4 Å². The molecule has 0 heterocycles. The van der Waals surface area contributed by atoms with Crippen molar-refractivity contribution < 1.29 is 28.6 Å². The lowest BCUT2D eigenvalue weighted by Gasteiger charge is -2.24. The Morgan fingerprint density at radius 1 is 0.957 bits per heavy atom. The van der Waals surface area contributed by atoms with Crippen molar-refractivity contribution in [1.82, 2.24) is 0 Å². The highest BCUT2D eigenvalue weighted by Crippen LogP contribution is 2.36. The molecule has 0 aromatic carbocycles. The maximum absolute atomic E-state index is 12.7. The molecule has 2 aliphatic carbocycles. The number of hydrogen-bond acceptors (Lipinski definition) is 6. The van der Waals surface area contributed by atoms with Gasteiger partial charge in [0.25, 0.3) is 0 Å². The minimum atomic E-state index is -0.545. The Labute approximate surface area is 143 Å². The molecule has 0 saturated carbocycles. The van der Waals surface area contributed by atoms with Crippen molar-refractivity contribution in [1.29, 1.82) is 0 Å². The minimum absolute atomic E-state index is 0.0289. The third-order valence-electron chi connectivity index (χ3n) is 3.34. The molecule has 2 rings (SSSR count). The molecular weight excluding hydrogens is 415 g/mol. The van der Waals surface area contributed by atoms with Crippen LogP contribution in [0.1, 0.15) is 0 Å². The number of hydrogen-bond donors (Lipinski definition) is 0. The molecule has 0 amide bonds. The van der Waals surface area contributed by atoms with Crippen molar-refractivity contribution in [3.63, 3.8) is 0 Å². The van der Waals surface area contributed by atoms with Crippen molar-refractivity contribution in [3.8, 4) is 0 Å². The second-order valence-corrected chi connectivity index (χ2v) is 6.38. The largest absolute Gasteiger partial charge is 0.496 e. The lowest BCUT2D eigenvalue weighted by atomic mass is 9.82. The predicted octanol–water partition coefficient (Wildman–Crippen LogP) is 1.38. The predicted molar refractivity (Wildman–Crippen MR) is 92.3 cm³/mol. The van der Waals surface area contributed by atoms with E-state index in [4.69, 9.17) is 14.2 Å². The number of halogens is 1. The number of methoxy groups -OCH3 is 3. The molecule has 2 aliphatic rings. The molecular formula is C16H15IO6. The SMILES string of the molecule is COC1=CC(OC)=C2C(=O)C(C(=O)C=IC)=CC(OC)=C2C1=O. The fourth-order valence-electron chi connectivity index (χ4n) is 2.30. The topological polar surface area (TPSA) is 78.9 Å². The van der Waals surface area contributed by atoms with Crippen molar-refractivity contribution in [2.24, 2.45) is 0 Å². The fourth-order valence-corrected chi connectivity index (χ4v) is 3.20. The number of ether oxygens (including phenoxy) is 3. The molecule has 0 saturated heterocycles. The van der Waals surface area contributed by atoms with Crippen LogP contribution in [0.15, 0.2) is 46.1 Å². The van der Waals surface area contributed by atoms with Gasteiger partial charge in [0.1, 0.15) is 11.5 Å². The Morgan fingerprint density at radius 2 is 1.52 bits per heavy atom. The first-order chi connectivity index (χ1) is 11.0. The van der Waals surface area contributed by atoms with Gasteiger partial charge in [-0.15, -0.1) is 20.7 Å². The van der Waals surface area contributed by atoms with E-state index in [0.29, 0.717) is 0 Å². The van der Waals surface area contributed by atoms with Crippen LogP contribution in [-0.2, 0) is 28.6 Å². The third kappa shape index (κ3) is 2.92. The summed E-state index contributed by atoms with van der Waals surface area (Å²) in [4.78, 5) is 39.2. The smallest absolute Gasteiger partial charge is 0.232 e. The summed E-state index contributed by atoms with van der Waals surface area (Å²) in [6.07, 6.45) is 2.65. The zero-order valence-electron chi connectivity index (χ0n) is 13.1. The Morgan fingerprint density at radius 3 is 2.04 bits per heavy atom. The van der Waals surface area contributed by atoms with Crippen molar-refractivity contribution >= 4 is 42.1 Å². The van der Waals surface area contributed by atoms with E-state index in [-0.39, 0.29) is 39.8 Å². The normalized spacial score (nSPS) is 18.3. The van der Waals surface area contributed by atoms with Gasteiger partial charge in [-0.1, -0.05) is 0 Å². The van der Waals surface area contributed by atoms with E-state index in [1.165, 1.54) is 37.5 Å². The molecule has 0 N–H and O–H groups in total. The summed E-state index contributed by atoms with van der Waals surface area (Å²) in [6, 6.07) is 0. The Kier molecular flexibility index (Phi) is 5.30. The summed E-state index contributed by atoms with van der Waals surface area (Å²) < 4.78 is 17.0. The minimum Gasteiger partial charge on any atom is -0.496 e. The number of carbonyl (C=O) groups excluding carboxylic acids is 3. The van der Waals surface area contributed by atoms with E-state index in [0.717, 1.165) is 0 Å². The maximum atomic E-state index is 12.7. The lowest BCUT2D eigenvalue weighted by Crippen LogP contribution is -2.29. The van der Waals surface area contributed by atoms with Crippen LogP contribution in [0.25, 0.3) is 0 Å². The number of Topliss-reactive ketones (excluding diaryl/α,β-unsaturated/α-hetero) is 3. The molecule has 6 nitrogen and oxygen atoms in total. The van der Waals surface area contributed by atoms with Gasteiger partial charge in [-0.25, -0.2) is 0 Å². The molecule has 0 unspecified atom stereocenters. The van der Waals surface area contributed by atoms with Gasteiger partial charge in [-0.3, -0.25) is 14.4 Å². The average molecular weight is 430 g/mol. The molecule has 0 aliphatic heterocycles. The van der Waals surface area contributed by atoms with Crippen LogP contribution in [0.2, 0.25) is 0 Å². The number of alkyl halides is 1. The lowest BCUT2D eigenvalue weighted by molar-refractivity contribution is -0.119. The number of allylic oxidation sites excluding steroid dienone is 5. The molecule has 0 radical (unpaired) electrons. The summed E-state index contributed by atoms with van der Waals surface area (Å²) in [5, 5.41) is 0. The quantitative estimate of drug-likeness (QED) is 0.373. The Bertz CT molecular complexity index is 749. The van der Waals surface area contributed by atoms with Crippen LogP contribution in [-0.4, -0.2) is 47.6 Å². The van der Waals surface area contributed by atoms with Gasteiger partial charge in [-0.2, -0.15) is 0 Å². The molecule has 23 heavy (non-hydrogen) atoms. The van der Waals surface area contributed by atoms with Crippen LogP contribution >= 0.6 is 20.7 Å². The highest BCUT2D eigenvalue weighted by molar-refractivity contribution is 14.2. The molecule has 0 fully saturated rings. The van der Waals surface area contributed by atoms with E-state index >= 15 is 0 Å². The fraction of sp³-hybridized carbons (Fsp3) is 0.250. The monoisotopic (exact) mass is 430 g/mol.